The highest BCUT2D eigenvalue weighted by molar-refractivity contribution is 5.90. The van der Waals surface area contributed by atoms with Crippen LogP contribution in [0.3, 0.4) is 0 Å². The molecule has 0 bridgehead atoms. The molecular formula is C16H21O3. The van der Waals surface area contributed by atoms with Crippen molar-refractivity contribution in [1.82, 2.24) is 0 Å². The molecule has 3 nitrogen and oxygen atoms in total. The van der Waals surface area contributed by atoms with Gasteiger partial charge in [-0.05, 0) is 43.2 Å². The minimum absolute atomic E-state index is 0.355. The van der Waals surface area contributed by atoms with Crippen molar-refractivity contribution in [2.45, 2.75) is 40.0 Å². The highest BCUT2D eigenvalue weighted by atomic mass is 17.2. The van der Waals surface area contributed by atoms with E-state index in [4.69, 9.17) is 9.78 Å². The molecule has 3 heteroatoms. The summed E-state index contributed by atoms with van der Waals surface area (Å²) in [6, 6.07) is 7.35. The second kappa shape index (κ2) is 6.20. The third-order valence-corrected chi connectivity index (χ3v) is 3.82. The van der Waals surface area contributed by atoms with E-state index in [-0.39, 0.29) is 0 Å². The van der Waals surface area contributed by atoms with Crippen LogP contribution in [0, 0.1) is 24.9 Å². The zero-order valence-electron chi connectivity index (χ0n) is 11.8. The van der Waals surface area contributed by atoms with Crippen LogP contribution in [0.15, 0.2) is 24.3 Å². The van der Waals surface area contributed by atoms with E-state index in [2.05, 4.69) is 13.8 Å². The summed E-state index contributed by atoms with van der Waals surface area (Å²) in [6.07, 6.45) is 4.30. The summed E-state index contributed by atoms with van der Waals surface area (Å²) in [5, 5.41) is 0. The minimum Gasteiger partial charge on any atom is -0.292 e. The van der Waals surface area contributed by atoms with Crippen molar-refractivity contribution in [2.75, 3.05) is 0 Å². The van der Waals surface area contributed by atoms with Gasteiger partial charge < -0.3 is 0 Å². The first-order valence-corrected chi connectivity index (χ1v) is 6.90. The van der Waals surface area contributed by atoms with Gasteiger partial charge in [-0.25, -0.2) is 4.79 Å². The first-order chi connectivity index (χ1) is 9.09. The van der Waals surface area contributed by atoms with Crippen molar-refractivity contribution in [3.8, 4) is 0 Å². The van der Waals surface area contributed by atoms with Gasteiger partial charge in [0.15, 0.2) is 6.10 Å². The van der Waals surface area contributed by atoms with Crippen LogP contribution in [0.4, 0.5) is 0 Å². The number of hydrogen-bond donors (Lipinski definition) is 0. The fraction of sp³-hybridized carbons (Fsp3) is 0.500. The van der Waals surface area contributed by atoms with Crippen molar-refractivity contribution in [3.05, 3.63) is 41.5 Å². The molecule has 1 aliphatic rings. The molecule has 2 atom stereocenters. The molecule has 0 aliphatic heterocycles. The number of aryl methyl sites for hydroxylation is 1. The molecule has 0 saturated heterocycles. The molecule has 0 N–H and O–H groups in total. The molecule has 0 heterocycles. The highest BCUT2D eigenvalue weighted by Gasteiger charge is 2.32. The molecule has 1 aliphatic carbocycles. The fourth-order valence-electron chi connectivity index (χ4n) is 2.60. The van der Waals surface area contributed by atoms with Crippen molar-refractivity contribution in [3.63, 3.8) is 0 Å². The molecule has 1 fully saturated rings. The lowest BCUT2D eigenvalue weighted by atomic mass is 9.81. The molecule has 1 saturated carbocycles. The van der Waals surface area contributed by atoms with Gasteiger partial charge >= 0.3 is 5.97 Å². The minimum atomic E-state index is -0.421. The maximum Gasteiger partial charge on any atom is 0.373 e. The Labute approximate surface area is 114 Å². The second-order valence-corrected chi connectivity index (χ2v) is 5.40. The standard InChI is InChI=1S/C16H21O3/c1-11-7-4-5-10-14(11)16(17)19-18-15-12(2)8-6-9-13(15)3/h4-5,7,10,12-13H,6,8-9H2,1-3H3. The molecule has 0 aromatic heterocycles. The van der Waals surface area contributed by atoms with Crippen LogP contribution >= 0.6 is 0 Å². The Morgan fingerprint density at radius 3 is 2.42 bits per heavy atom. The molecule has 2 unspecified atom stereocenters. The van der Waals surface area contributed by atoms with Crippen LogP contribution in [-0.4, -0.2) is 5.97 Å². The Morgan fingerprint density at radius 2 is 1.79 bits per heavy atom. The van der Waals surface area contributed by atoms with Gasteiger partial charge in [0.2, 0.25) is 0 Å². The van der Waals surface area contributed by atoms with Crippen LogP contribution in [0.1, 0.15) is 49.0 Å². The van der Waals surface area contributed by atoms with Gasteiger partial charge in [0.1, 0.15) is 0 Å². The molecule has 2 rings (SSSR count). The van der Waals surface area contributed by atoms with Crippen LogP contribution in [0.25, 0.3) is 0 Å². The maximum absolute atomic E-state index is 12.0. The molecule has 0 spiro atoms. The van der Waals surface area contributed by atoms with E-state index in [1.54, 1.807) is 6.07 Å². The fourth-order valence-corrected chi connectivity index (χ4v) is 2.60. The maximum atomic E-state index is 12.0. The lowest BCUT2D eigenvalue weighted by Gasteiger charge is -2.31. The average Bonchev–Trinajstić information content (AvgIpc) is 2.38. The van der Waals surface area contributed by atoms with Crippen LogP contribution in [0.5, 0.6) is 0 Å². The molecule has 1 radical (unpaired) electrons. The van der Waals surface area contributed by atoms with Crippen LogP contribution in [-0.2, 0) is 9.78 Å². The Morgan fingerprint density at radius 1 is 1.16 bits per heavy atom. The smallest absolute Gasteiger partial charge is 0.292 e. The monoisotopic (exact) mass is 261 g/mol. The van der Waals surface area contributed by atoms with E-state index < -0.39 is 5.97 Å². The summed E-state index contributed by atoms with van der Waals surface area (Å²) in [4.78, 5) is 22.3. The van der Waals surface area contributed by atoms with E-state index in [0.717, 1.165) is 24.5 Å². The Balaban J connectivity index is 1.95. The summed E-state index contributed by atoms with van der Waals surface area (Å²) >= 11 is 0. The van der Waals surface area contributed by atoms with E-state index >= 15 is 0 Å². The van der Waals surface area contributed by atoms with E-state index in [9.17, 15) is 4.79 Å². The van der Waals surface area contributed by atoms with Gasteiger partial charge in [0, 0.05) is 0 Å². The lowest BCUT2D eigenvalue weighted by Crippen LogP contribution is -2.26. The van der Waals surface area contributed by atoms with Gasteiger partial charge in [-0.1, -0.05) is 38.5 Å². The number of benzene rings is 1. The summed E-state index contributed by atoms with van der Waals surface area (Å²) < 4.78 is 0. The Kier molecular flexibility index (Phi) is 4.59. The molecule has 1 aromatic rings. The van der Waals surface area contributed by atoms with Crippen molar-refractivity contribution >= 4 is 5.97 Å². The quantitative estimate of drug-likeness (QED) is 0.607. The van der Waals surface area contributed by atoms with Crippen molar-refractivity contribution in [1.29, 1.82) is 0 Å². The van der Waals surface area contributed by atoms with E-state index in [0.29, 0.717) is 17.4 Å². The first-order valence-electron chi connectivity index (χ1n) is 6.90. The molecule has 19 heavy (non-hydrogen) atoms. The summed E-state index contributed by atoms with van der Waals surface area (Å²) in [5.74, 6) is 0.289. The van der Waals surface area contributed by atoms with Gasteiger partial charge in [-0.3, -0.25) is 4.89 Å². The summed E-state index contributed by atoms with van der Waals surface area (Å²) in [6.45, 7) is 6.12. The topological polar surface area (TPSA) is 35.5 Å². The largest absolute Gasteiger partial charge is 0.373 e. The highest BCUT2D eigenvalue weighted by Crippen LogP contribution is 2.37. The van der Waals surface area contributed by atoms with E-state index in [1.807, 2.05) is 25.1 Å². The normalized spacial score (nSPS) is 24.2. The third kappa shape index (κ3) is 3.35. The third-order valence-electron chi connectivity index (χ3n) is 3.82. The summed E-state index contributed by atoms with van der Waals surface area (Å²) in [7, 11) is 0. The van der Waals surface area contributed by atoms with Gasteiger partial charge in [0.25, 0.3) is 0 Å². The van der Waals surface area contributed by atoms with E-state index in [1.165, 1.54) is 6.42 Å². The average molecular weight is 261 g/mol. The lowest BCUT2D eigenvalue weighted by molar-refractivity contribution is -0.253. The molecular weight excluding hydrogens is 240 g/mol. The zero-order valence-corrected chi connectivity index (χ0v) is 11.8. The van der Waals surface area contributed by atoms with Gasteiger partial charge in [0.05, 0.1) is 5.56 Å². The number of hydrogen-bond acceptors (Lipinski definition) is 3. The van der Waals surface area contributed by atoms with Crippen molar-refractivity contribution < 1.29 is 14.6 Å². The SMILES string of the molecule is Cc1ccccc1C(=O)OO[C]1C(C)CCCC1C. The second-order valence-electron chi connectivity index (χ2n) is 5.40. The Bertz CT molecular complexity index is 431. The zero-order chi connectivity index (χ0) is 13.8. The number of carbonyl (C=O) groups is 1. The van der Waals surface area contributed by atoms with Crippen LogP contribution < -0.4 is 0 Å². The number of carbonyl (C=O) groups excluding carboxylic acids is 1. The van der Waals surface area contributed by atoms with Gasteiger partial charge in [-0.2, -0.15) is 4.89 Å². The Hall–Kier alpha value is -1.35. The van der Waals surface area contributed by atoms with Gasteiger partial charge in [-0.15, -0.1) is 0 Å². The predicted molar refractivity (Wildman–Crippen MR) is 73.1 cm³/mol. The molecule has 1 aromatic carbocycles. The molecule has 103 valence electrons. The summed E-state index contributed by atoms with van der Waals surface area (Å²) in [5.41, 5.74) is 1.45. The first kappa shape index (κ1) is 14.1. The number of rotatable bonds is 3. The van der Waals surface area contributed by atoms with Crippen molar-refractivity contribution in [2.24, 2.45) is 11.8 Å². The van der Waals surface area contributed by atoms with Crippen LogP contribution in [0.2, 0.25) is 0 Å². The predicted octanol–water partition coefficient (Wildman–Crippen LogP) is 4.07. The molecule has 0 amide bonds.